The van der Waals surface area contributed by atoms with E-state index < -0.39 is 0 Å². The van der Waals surface area contributed by atoms with Crippen molar-refractivity contribution in [3.63, 3.8) is 0 Å². The van der Waals surface area contributed by atoms with Crippen molar-refractivity contribution < 1.29 is 14.3 Å². The lowest BCUT2D eigenvalue weighted by Crippen LogP contribution is -2.27. The van der Waals surface area contributed by atoms with Gasteiger partial charge in [0.1, 0.15) is 17.3 Å². The number of aryl methyl sites for hydroxylation is 1. The van der Waals surface area contributed by atoms with Crippen LogP contribution in [-0.4, -0.2) is 46.2 Å². The number of benzene rings is 2. The van der Waals surface area contributed by atoms with Crippen LogP contribution in [0.25, 0.3) is 5.69 Å². The van der Waals surface area contributed by atoms with Crippen LogP contribution in [0.2, 0.25) is 0 Å². The van der Waals surface area contributed by atoms with Crippen molar-refractivity contribution in [1.82, 2.24) is 20.1 Å². The Morgan fingerprint density at radius 3 is 2.39 bits per heavy atom. The summed E-state index contributed by atoms with van der Waals surface area (Å²) in [5.74, 6) is 2.64. The molecule has 1 aromatic heterocycles. The van der Waals surface area contributed by atoms with Gasteiger partial charge in [-0.1, -0.05) is 23.9 Å². The average molecular weight is 441 g/mol. The first-order valence-corrected chi connectivity index (χ1v) is 11.2. The highest BCUT2D eigenvalue weighted by atomic mass is 32.2. The molecule has 0 saturated carbocycles. The third-order valence-corrected chi connectivity index (χ3v) is 5.42. The van der Waals surface area contributed by atoms with Crippen LogP contribution < -0.4 is 14.8 Å². The predicted molar refractivity (Wildman–Crippen MR) is 122 cm³/mol. The molecule has 3 rings (SSSR count). The Bertz CT molecular complexity index is 985. The first-order valence-electron chi connectivity index (χ1n) is 10.2. The van der Waals surface area contributed by atoms with Crippen LogP contribution in [0.15, 0.2) is 53.7 Å². The lowest BCUT2D eigenvalue weighted by atomic mass is 10.1. The van der Waals surface area contributed by atoms with Gasteiger partial charge in [0.2, 0.25) is 5.91 Å². The molecule has 0 aliphatic carbocycles. The summed E-state index contributed by atoms with van der Waals surface area (Å²) < 4.78 is 12.8. The molecule has 0 unspecified atom stereocenters. The number of nitrogens with one attached hydrogen (secondary N) is 1. The molecule has 2 aromatic carbocycles. The monoisotopic (exact) mass is 440 g/mol. The van der Waals surface area contributed by atoms with Gasteiger partial charge in [0.25, 0.3) is 0 Å². The van der Waals surface area contributed by atoms with Crippen LogP contribution in [0.4, 0.5) is 0 Å². The summed E-state index contributed by atoms with van der Waals surface area (Å²) in [6.45, 7) is 6.47. The van der Waals surface area contributed by atoms with E-state index in [1.807, 2.05) is 73.9 Å². The molecule has 31 heavy (non-hydrogen) atoms. The summed E-state index contributed by atoms with van der Waals surface area (Å²) in [6.07, 6.45) is 0.918. The second kappa shape index (κ2) is 10.9. The molecule has 3 aromatic rings. The number of nitrogens with zero attached hydrogens (tertiary/aromatic N) is 3. The Morgan fingerprint density at radius 1 is 1.06 bits per heavy atom. The van der Waals surface area contributed by atoms with E-state index in [1.165, 1.54) is 11.8 Å². The number of ether oxygens (including phenoxy) is 2. The zero-order valence-corrected chi connectivity index (χ0v) is 19.1. The molecule has 8 heteroatoms. The van der Waals surface area contributed by atoms with Crippen LogP contribution >= 0.6 is 11.8 Å². The van der Waals surface area contributed by atoms with Crippen molar-refractivity contribution in [2.24, 2.45) is 0 Å². The van der Waals surface area contributed by atoms with E-state index in [1.54, 1.807) is 7.11 Å². The van der Waals surface area contributed by atoms with Crippen LogP contribution in [0.1, 0.15) is 25.2 Å². The Labute approximate surface area is 187 Å². The minimum absolute atomic E-state index is 0.0355. The lowest BCUT2D eigenvalue weighted by molar-refractivity contribution is -0.118. The third-order valence-electron chi connectivity index (χ3n) is 4.49. The van der Waals surface area contributed by atoms with Gasteiger partial charge in [0, 0.05) is 12.2 Å². The normalized spacial score (nSPS) is 10.9. The highest BCUT2D eigenvalue weighted by molar-refractivity contribution is 7.99. The molecule has 7 nitrogen and oxygen atoms in total. The molecule has 0 aliphatic heterocycles. The zero-order valence-electron chi connectivity index (χ0n) is 18.3. The topological polar surface area (TPSA) is 78.3 Å². The smallest absolute Gasteiger partial charge is 0.230 e. The minimum atomic E-state index is -0.0355. The molecule has 1 N–H and O–H groups in total. The molecule has 0 spiro atoms. The van der Waals surface area contributed by atoms with Gasteiger partial charge in [0.15, 0.2) is 5.16 Å². The highest BCUT2D eigenvalue weighted by Gasteiger charge is 2.13. The van der Waals surface area contributed by atoms with E-state index in [9.17, 15) is 4.79 Å². The van der Waals surface area contributed by atoms with Gasteiger partial charge >= 0.3 is 0 Å². The highest BCUT2D eigenvalue weighted by Crippen LogP contribution is 2.23. The van der Waals surface area contributed by atoms with Crippen molar-refractivity contribution in [3.05, 3.63) is 59.9 Å². The second-order valence-corrected chi connectivity index (χ2v) is 8.20. The number of hydrogen-bond donors (Lipinski definition) is 1. The molecular weight excluding hydrogens is 412 g/mol. The largest absolute Gasteiger partial charge is 0.497 e. The lowest BCUT2D eigenvalue weighted by Gasteiger charge is -2.10. The number of rotatable bonds is 10. The van der Waals surface area contributed by atoms with E-state index in [0.717, 1.165) is 35.0 Å². The van der Waals surface area contributed by atoms with Crippen LogP contribution in [0.5, 0.6) is 11.5 Å². The molecule has 0 radical (unpaired) electrons. The number of aromatic nitrogens is 3. The summed E-state index contributed by atoms with van der Waals surface area (Å²) in [6, 6.07) is 15.6. The quantitative estimate of drug-likeness (QED) is 0.483. The molecule has 164 valence electrons. The summed E-state index contributed by atoms with van der Waals surface area (Å²) in [5, 5.41) is 12.0. The molecule has 0 fully saturated rings. The number of hydrogen-bond acceptors (Lipinski definition) is 6. The first kappa shape index (κ1) is 22.7. The van der Waals surface area contributed by atoms with Gasteiger partial charge in [-0.15, -0.1) is 10.2 Å². The first-order chi connectivity index (χ1) is 15.0. The average Bonchev–Trinajstić information content (AvgIpc) is 3.13. The summed E-state index contributed by atoms with van der Waals surface area (Å²) >= 11 is 1.36. The van der Waals surface area contributed by atoms with Gasteiger partial charge in [-0.3, -0.25) is 9.36 Å². The fourth-order valence-corrected chi connectivity index (χ4v) is 3.83. The van der Waals surface area contributed by atoms with Crippen LogP contribution in [0.3, 0.4) is 0 Å². The summed E-state index contributed by atoms with van der Waals surface area (Å²) in [7, 11) is 1.63. The summed E-state index contributed by atoms with van der Waals surface area (Å²) in [5.41, 5.74) is 2.08. The molecule has 0 aliphatic rings. The van der Waals surface area contributed by atoms with E-state index in [4.69, 9.17) is 9.47 Å². The number of amides is 1. The Kier molecular flexibility index (Phi) is 7.94. The molecule has 1 amide bonds. The van der Waals surface area contributed by atoms with E-state index in [0.29, 0.717) is 11.7 Å². The number of thioether (sulfide) groups is 1. The van der Waals surface area contributed by atoms with Gasteiger partial charge in [-0.25, -0.2) is 0 Å². The fraction of sp³-hybridized carbons (Fsp3) is 0.348. The van der Waals surface area contributed by atoms with E-state index in [2.05, 4.69) is 15.5 Å². The minimum Gasteiger partial charge on any atom is -0.497 e. The third kappa shape index (κ3) is 6.49. The number of methoxy groups -OCH3 is 1. The standard InChI is InChI=1S/C23H28N4O3S/c1-16(2)30-21-9-5-18(6-10-21)13-14-24-22(28)15-31-23-26-25-17(3)27(23)19-7-11-20(29-4)12-8-19/h5-12,16H,13-15H2,1-4H3,(H,24,28). The second-order valence-electron chi connectivity index (χ2n) is 7.26. The number of carbonyl (C=O) groups excluding carboxylic acids is 1. The Morgan fingerprint density at radius 2 is 1.74 bits per heavy atom. The van der Waals surface area contributed by atoms with E-state index >= 15 is 0 Å². The van der Waals surface area contributed by atoms with Crippen LogP contribution in [-0.2, 0) is 11.2 Å². The number of carbonyl (C=O) groups is 1. The Hall–Kier alpha value is -3.00. The molecular formula is C23H28N4O3S. The maximum atomic E-state index is 12.3. The van der Waals surface area contributed by atoms with Crippen molar-refractivity contribution in [2.45, 2.75) is 38.5 Å². The molecule has 0 saturated heterocycles. The van der Waals surface area contributed by atoms with Gasteiger partial charge in [0.05, 0.1) is 19.0 Å². The zero-order chi connectivity index (χ0) is 22.2. The van der Waals surface area contributed by atoms with Gasteiger partial charge in [-0.05, 0) is 69.2 Å². The van der Waals surface area contributed by atoms with Crippen molar-refractivity contribution in [3.8, 4) is 17.2 Å². The van der Waals surface area contributed by atoms with Crippen molar-refractivity contribution in [2.75, 3.05) is 19.4 Å². The Balaban J connectivity index is 1.49. The summed E-state index contributed by atoms with van der Waals surface area (Å²) in [4.78, 5) is 12.3. The van der Waals surface area contributed by atoms with Gasteiger partial charge in [-0.2, -0.15) is 0 Å². The fourth-order valence-electron chi connectivity index (χ4n) is 3.00. The van der Waals surface area contributed by atoms with Crippen molar-refractivity contribution >= 4 is 17.7 Å². The van der Waals surface area contributed by atoms with Gasteiger partial charge < -0.3 is 14.8 Å². The van der Waals surface area contributed by atoms with E-state index in [-0.39, 0.29) is 17.8 Å². The molecule has 1 heterocycles. The van der Waals surface area contributed by atoms with Crippen molar-refractivity contribution in [1.29, 1.82) is 0 Å². The van der Waals surface area contributed by atoms with Crippen LogP contribution in [0, 0.1) is 6.92 Å². The maximum Gasteiger partial charge on any atom is 0.230 e. The maximum absolute atomic E-state index is 12.3. The molecule has 0 bridgehead atoms. The SMILES string of the molecule is COc1ccc(-n2c(C)nnc2SCC(=O)NCCc2ccc(OC(C)C)cc2)cc1. The molecule has 0 atom stereocenters. The predicted octanol–water partition coefficient (Wildman–Crippen LogP) is 3.82.